The number of rotatable bonds is 7. The van der Waals surface area contributed by atoms with E-state index in [9.17, 15) is 13.3 Å². The van der Waals surface area contributed by atoms with Crippen LogP contribution in [-0.4, -0.2) is 67.2 Å². The Balaban J connectivity index is 1.43. The lowest BCUT2D eigenvalue weighted by Crippen LogP contribution is -2.52. The fourth-order valence-corrected chi connectivity index (χ4v) is 4.37. The third-order valence-electron chi connectivity index (χ3n) is 5.70. The zero-order chi connectivity index (χ0) is 22.2. The first-order valence-corrected chi connectivity index (χ1v) is 12.0. The number of fused-ring (bicyclic) bond motifs is 1. The Bertz CT molecular complexity index is 1090. The van der Waals surface area contributed by atoms with Gasteiger partial charge in [0.2, 0.25) is 0 Å². The Morgan fingerprint density at radius 3 is 2.84 bits per heavy atom. The maximum absolute atomic E-state index is 13.1. The van der Waals surface area contributed by atoms with Crippen molar-refractivity contribution in [3.05, 3.63) is 36.4 Å². The first-order chi connectivity index (χ1) is 15.5. The molecular weight excluding hydrogens is 440 g/mol. The Morgan fingerprint density at radius 2 is 2.09 bits per heavy atom. The highest BCUT2D eigenvalue weighted by Gasteiger charge is 2.39. The molecule has 0 spiro atoms. The lowest BCUT2D eigenvalue weighted by Gasteiger charge is -2.39. The van der Waals surface area contributed by atoms with Crippen LogP contribution >= 0.6 is 0 Å². The SMILES string of the molecule is C[S+]([O-])NCC1CN(c2cc(-c3cnc4ccc(C(F)F)nn34)ncn2)CC(C2CC2)O1. The van der Waals surface area contributed by atoms with Gasteiger partial charge in [-0.05, 0) is 30.9 Å². The Labute approximate surface area is 186 Å². The van der Waals surface area contributed by atoms with Gasteiger partial charge in [-0.15, -0.1) is 4.72 Å². The van der Waals surface area contributed by atoms with Crippen molar-refractivity contribution >= 4 is 22.8 Å². The van der Waals surface area contributed by atoms with E-state index in [0.717, 1.165) is 12.8 Å². The molecule has 3 atom stereocenters. The number of aromatic nitrogens is 5. The van der Waals surface area contributed by atoms with Gasteiger partial charge in [0.25, 0.3) is 6.43 Å². The van der Waals surface area contributed by atoms with E-state index < -0.39 is 17.8 Å². The highest BCUT2D eigenvalue weighted by atomic mass is 32.2. The van der Waals surface area contributed by atoms with Gasteiger partial charge < -0.3 is 14.2 Å². The topological polar surface area (TPSA) is 104 Å². The van der Waals surface area contributed by atoms with Crippen molar-refractivity contribution in [1.29, 1.82) is 0 Å². The van der Waals surface area contributed by atoms with Crippen LogP contribution < -0.4 is 9.62 Å². The summed E-state index contributed by atoms with van der Waals surface area (Å²) < 4.78 is 48.3. The van der Waals surface area contributed by atoms with Gasteiger partial charge in [-0.25, -0.2) is 28.2 Å². The molecule has 12 heteroatoms. The monoisotopic (exact) mass is 463 g/mol. The molecule has 1 saturated carbocycles. The lowest BCUT2D eigenvalue weighted by molar-refractivity contribution is -0.0335. The highest BCUT2D eigenvalue weighted by Crippen LogP contribution is 2.37. The Morgan fingerprint density at radius 1 is 1.25 bits per heavy atom. The molecule has 9 nitrogen and oxygen atoms in total. The number of nitrogens with zero attached hydrogens (tertiary/aromatic N) is 6. The molecule has 1 N–H and O–H groups in total. The van der Waals surface area contributed by atoms with Crippen molar-refractivity contribution < 1.29 is 18.1 Å². The van der Waals surface area contributed by atoms with Crippen LogP contribution in [0.5, 0.6) is 0 Å². The number of imidazole rings is 1. The summed E-state index contributed by atoms with van der Waals surface area (Å²) in [4.78, 5) is 15.2. The van der Waals surface area contributed by atoms with Crippen molar-refractivity contribution in [3.8, 4) is 11.4 Å². The van der Waals surface area contributed by atoms with E-state index in [1.807, 2.05) is 6.07 Å². The quantitative estimate of drug-likeness (QED) is 0.531. The van der Waals surface area contributed by atoms with Gasteiger partial charge in [-0.2, -0.15) is 5.10 Å². The summed E-state index contributed by atoms with van der Waals surface area (Å²) in [6, 6.07) is 4.60. The Hall–Kier alpha value is -2.41. The molecule has 0 radical (unpaired) electrons. The molecule has 3 aromatic rings. The van der Waals surface area contributed by atoms with Gasteiger partial charge in [0.15, 0.2) is 5.65 Å². The minimum Gasteiger partial charge on any atom is -0.598 e. The smallest absolute Gasteiger partial charge is 0.282 e. The number of hydrogen-bond donors (Lipinski definition) is 1. The minimum absolute atomic E-state index is 0.0883. The number of ether oxygens (including phenoxy) is 1. The van der Waals surface area contributed by atoms with E-state index in [4.69, 9.17) is 4.74 Å². The molecule has 1 saturated heterocycles. The van der Waals surface area contributed by atoms with E-state index in [-0.39, 0.29) is 17.9 Å². The Kier molecular flexibility index (Phi) is 5.93. The van der Waals surface area contributed by atoms with Crippen LogP contribution in [-0.2, 0) is 16.1 Å². The van der Waals surface area contributed by atoms with Crippen LogP contribution in [0, 0.1) is 5.92 Å². The molecule has 0 aromatic carbocycles. The molecule has 0 amide bonds. The number of nitrogens with one attached hydrogen (secondary N) is 1. The molecule has 1 aliphatic heterocycles. The summed E-state index contributed by atoms with van der Waals surface area (Å²) in [5.41, 5.74) is 1.19. The van der Waals surface area contributed by atoms with Crippen LogP contribution in [0.25, 0.3) is 17.0 Å². The molecule has 170 valence electrons. The molecule has 5 rings (SSSR count). The van der Waals surface area contributed by atoms with Crippen LogP contribution in [0.3, 0.4) is 0 Å². The highest BCUT2D eigenvalue weighted by molar-refractivity contribution is 7.88. The van der Waals surface area contributed by atoms with Crippen molar-refractivity contribution in [2.75, 3.05) is 30.8 Å². The van der Waals surface area contributed by atoms with E-state index >= 15 is 0 Å². The molecule has 4 heterocycles. The maximum atomic E-state index is 13.1. The second kappa shape index (κ2) is 8.85. The second-order valence-corrected chi connectivity index (χ2v) is 9.27. The third-order valence-corrected chi connectivity index (χ3v) is 6.27. The largest absolute Gasteiger partial charge is 0.598 e. The zero-order valence-corrected chi connectivity index (χ0v) is 18.2. The fourth-order valence-electron chi connectivity index (χ4n) is 3.95. The van der Waals surface area contributed by atoms with Gasteiger partial charge in [-0.3, -0.25) is 0 Å². The number of halogens is 2. The maximum Gasteiger partial charge on any atom is 0.282 e. The van der Waals surface area contributed by atoms with Crippen LogP contribution in [0.4, 0.5) is 14.6 Å². The van der Waals surface area contributed by atoms with Gasteiger partial charge in [0.1, 0.15) is 29.8 Å². The molecule has 0 bridgehead atoms. The van der Waals surface area contributed by atoms with E-state index in [1.165, 1.54) is 23.0 Å². The zero-order valence-electron chi connectivity index (χ0n) is 17.4. The number of anilines is 1. The van der Waals surface area contributed by atoms with Crippen LogP contribution in [0.1, 0.15) is 25.0 Å². The van der Waals surface area contributed by atoms with Crippen LogP contribution in [0.15, 0.2) is 30.7 Å². The minimum atomic E-state index is -2.67. The molecular formula is C20H23F2N7O2S. The van der Waals surface area contributed by atoms with Crippen molar-refractivity contribution in [1.82, 2.24) is 29.3 Å². The summed E-state index contributed by atoms with van der Waals surface area (Å²) in [6.07, 6.45) is 4.20. The molecule has 32 heavy (non-hydrogen) atoms. The molecule has 2 fully saturated rings. The molecule has 3 unspecified atom stereocenters. The standard InChI is InChI=1S/C20H23F2N7O2S/c1-32(30)26-7-13-9-28(10-17(31-13)12-2-3-12)19-6-15(24-11-25-19)16-8-23-18-5-4-14(20(21)22)27-29(16)18/h4-6,8,11-13,17,20,26H,2-3,7,9-10H2,1H3. The lowest BCUT2D eigenvalue weighted by atomic mass is 10.1. The van der Waals surface area contributed by atoms with E-state index in [2.05, 4.69) is 29.7 Å². The van der Waals surface area contributed by atoms with Crippen molar-refractivity contribution in [2.45, 2.75) is 31.5 Å². The van der Waals surface area contributed by atoms with Crippen LogP contribution in [0.2, 0.25) is 0 Å². The predicted octanol–water partition coefficient (Wildman–Crippen LogP) is 1.99. The normalized spacial score (nSPS) is 22.6. The van der Waals surface area contributed by atoms with E-state index in [1.54, 1.807) is 12.5 Å². The summed E-state index contributed by atoms with van der Waals surface area (Å²) in [5, 5.41) is 4.02. The summed E-state index contributed by atoms with van der Waals surface area (Å²) in [7, 11) is 0. The van der Waals surface area contributed by atoms with Crippen molar-refractivity contribution in [3.63, 3.8) is 0 Å². The van der Waals surface area contributed by atoms with Gasteiger partial charge in [-0.1, -0.05) is 0 Å². The third kappa shape index (κ3) is 4.53. The molecule has 2 aliphatic rings. The molecule has 3 aromatic heterocycles. The summed E-state index contributed by atoms with van der Waals surface area (Å²) in [5.74, 6) is 1.25. The van der Waals surface area contributed by atoms with Crippen molar-refractivity contribution in [2.24, 2.45) is 5.92 Å². The number of morpholine rings is 1. The predicted molar refractivity (Wildman–Crippen MR) is 115 cm³/mol. The average Bonchev–Trinajstić information content (AvgIpc) is 3.56. The first kappa shape index (κ1) is 21.4. The van der Waals surface area contributed by atoms with Gasteiger partial charge in [0.05, 0.1) is 30.6 Å². The summed E-state index contributed by atoms with van der Waals surface area (Å²) >= 11 is -1.12. The second-order valence-electron chi connectivity index (χ2n) is 8.08. The molecule has 1 aliphatic carbocycles. The summed E-state index contributed by atoms with van der Waals surface area (Å²) in [6.45, 7) is 1.77. The van der Waals surface area contributed by atoms with Gasteiger partial charge in [0, 0.05) is 30.5 Å². The van der Waals surface area contributed by atoms with Gasteiger partial charge >= 0.3 is 0 Å². The number of hydrogen-bond acceptors (Lipinski definition) is 8. The first-order valence-electron chi connectivity index (χ1n) is 10.4. The average molecular weight is 464 g/mol. The fraction of sp³-hybridized carbons (Fsp3) is 0.500. The number of alkyl halides is 2. The van der Waals surface area contributed by atoms with E-state index in [0.29, 0.717) is 48.4 Å².